The zero-order valence-corrected chi connectivity index (χ0v) is 41.4. The van der Waals surface area contributed by atoms with Crippen LogP contribution in [-0.4, -0.2) is 37.4 Å². The summed E-state index contributed by atoms with van der Waals surface area (Å²) in [5.41, 5.74) is 1.50. The number of hydrogen-bond donors (Lipinski definition) is 0. The molecule has 0 saturated carbocycles. The van der Waals surface area contributed by atoms with E-state index in [1.54, 1.807) is 12.1 Å². The first-order valence-corrected chi connectivity index (χ1v) is 28.1. The summed E-state index contributed by atoms with van der Waals surface area (Å²) in [4.78, 5) is 15.1. The fraction of sp³-hybridized carbons (Fsp3) is 0. The van der Waals surface area contributed by atoms with Gasteiger partial charge in [0.25, 0.3) is 0 Å². The van der Waals surface area contributed by atoms with E-state index in [1.807, 2.05) is 140 Å². The quantitative estimate of drug-likeness (QED) is 0.128. The Labute approximate surface area is 465 Å². The molecule has 0 amide bonds. The molecule has 3 heterocycles. The Bertz CT molecular complexity index is 5460. The fourth-order valence-corrected chi connectivity index (χ4v) is 19.7. The van der Waals surface area contributed by atoms with Crippen LogP contribution in [0.25, 0.3) is 100 Å². The Morgan fingerprint density at radius 1 is 0.320 bits per heavy atom. The number of hydrogen-bond acceptors (Lipinski definition) is 3. The molecular formula is C69H47GeN5. The van der Waals surface area contributed by atoms with Gasteiger partial charge in [-0.25, -0.2) is 0 Å². The van der Waals surface area contributed by atoms with Crippen LogP contribution in [0, 0.1) is 0 Å². The average molecular weight is 1040 g/mol. The Kier molecular flexibility index (Phi) is 6.96. The van der Waals surface area contributed by atoms with Crippen LogP contribution in [0.4, 0.5) is 0 Å². The van der Waals surface area contributed by atoms with Crippen LogP contribution in [0.15, 0.2) is 285 Å². The van der Waals surface area contributed by atoms with E-state index in [4.69, 9.17) is 25.9 Å². The molecule has 0 fully saturated rings. The number of rotatable bonds is 10. The molecule has 0 bridgehead atoms. The Balaban J connectivity index is 1.16. The van der Waals surface area contributed by atoms with E-state index < -0.39 is 168 Å². The van der Waals surface area contributed by atoms with Gasteiger partial charge in [0.1, 0.15) is 0 Å². The van der Waals surface area contributed by atoms with E-state index in [0.29, 0.717) is 4.40 Å². The summed E-state index contributed by atoms with van der Waals surface area (Å²) in [6.07, 6.45) is 0. The first-order chi connectivity index (χ1) is 45.5. The normalized spacial score (nSPS) is 16.1. The summed E-state index contributed by atoms with van der Waals surface area (Å²) in [5, 5.41) is -1.19. The van der Waals surface area contributed by atoms with Gasteiger partial charge < -0.3 is 0 Å². The van der Waals surface area contributed by atoms with Gasteiger partial charge >= 0.3 is 447 Å². The second-order valence-electron chi connectivity index (χ2n) is 17.6. The van der Waals surface area contributed by atoms with Crippen molar-refractivity contribution < 1.29 is 27.4 Å². The van der Waals surface area contributed by atoms with Crippen LogP contribution in [0.1, 0.15) is 27.4 Å². The molecule has 0 aliphatic rings. The van der Waals surface area contributed by atoms with Gasteiger partial charge in [0.05, 0.1) is 8.22 Å². The molecule has 14 aromatic rings. The van der Waals surface area contributed by atoms with Crippen molar-refractivity contribution in [3.63, 3.8) is 0 Å². The third-order valence-electron chi connectivity index (χ3n) is 13.5. The molecule has 0 N–H and O–H groups in total. The Hall–Kier alpha value is -9.43. The van der Waals surface area contributed by atoms with Crippen molar-refractivity contribution in [2.45, 2.75) is 0 Å². The van der Waals surface area contributed by atoms with Crippen LogP contribution < -0.4 is 17.6 Å². The first kappa shape index (κ1) is 28.1. The molecule has 75 heavy (non-hydrogen) atoms. The molecule has 0 aliphatic carbocycles. The minimum atomic E-state index is -5.13. The summed E-state index contributed by atoms with van der Waals surface area (Å²) in [5.74, 6) is -1.57. The van der Waals surface area contributed by atoms with Gasteiger partial charge in [-0.05, 0) is 0 Å². The van der Waals surface area contributed by atoms with Gasteiger partial charge in [-0.15, -0.1) is 0 Å². The zero-order valence-electron chi connectivity index (χ0n) is 59.3. The van der Waals surface area contributed by atoms with Gasteiger partial charge in [-0.2, -0.15) is 0 Å². The SMILES string of the molecule is [2H]c1c([2H])c(-c2nc(-c3ccccc3-n3c4c([2H])c([2H])c([2H])c([2H])c4c4c([2H])c([2H])c([2H])c([2H])c43)nc(-n3c4c([2H])c([2H])c([2H])c([2H])c4c4c([2H])c([2H])c([2H])c([2H])c43)n2)c([2H])[c]([Ge]([c]2ccccc2)([c]2ccc(-c3ccccc3)cc2)[c]2cccc(-c3ccccc3)c2)c1[2H]. The maximum absolute atomic E-state index is 10.9. The van der Waals surface area contributed by atoms with Crippen molar-refractivity contribution in [3.05, 3.63) is 285 Å². The molecule has 0 spiro atoms. The molecule has 1 unspecified atom stereocenters. The molecule has 0 radical (unpaired) electrons. The molecule has 11 aromatic carbocycles. The summed E-state index contributed by atoms with van der Waals surface area (Å²) in [6, 6.07) is 37.2. The van der Waals surface area contributed by atoms with Crippen molar-refractivity contribution >= 4 is 74.5 Å². The topological polar surface area (TPSA) is 48.5 Å². The molecule has 0 aliphatic heterocycles. The summed E-state index contributed by atoms with van der Waals surface area (Å²) < 4.78 is 192. The number of aromatic nitrogens is 5. The van der Waals surface area contributed by atoms with Gasteiger partial charge in [-0.3, -0.25) is 0 Å². The van der Waals surface area contributed by atoms with Gasteiger partial charge in [0.15, 0.2) is 0 Å². The Morgan fingerprint density at radius 2 is 0.787 bits per heavy atom. The monoisotopic (exact) mass is 1040 g/mol. The summed E-state index contributed by atoms with van der Waals surface area (Å²) in [6.45, 7) is 0. The molecule has 5 nitrogen and oxygen atoms in total. The molecule has 0 saturated heterocycles. The van der Waals surface area contributed by atoms with E-state index in [0.717, 1.165) is 35.6 Å². The molecule has 14 rings (SSSR count). The predicted octanol–water partition coefficient (Wildman–Crippen LogP) is 14.1. The third-order valence-corrected chi connectivity index (χ3v) is 23.1. The molecule has 352 valence electrons. The standard InChI is InChI=1S/C69H47GeN5/c1-4-22-48(23-5-1)50-42-44-54(45-43-50)70(53-28-8-3-9-29-53,55-30-20-26-51(46-55)49-24-6-2-7-25-49)56-31-21-27-52(47-56)67-71-68(73-69(72-67)75-64-39-17-12-34-59(64)60-35-13-18-40-65(60)75)61-36-14-19-41-66(61)74-62-37-15-10-32-57(62)58-33-11-16-38-63(58)74/h1-47H/i10D,11D,12D,13D,15D,16D,17D,18D,21D,27D,31D,32D,33D,34D,35D,37D,38D,39D,40D,47D. The van der Waals surface area contributed by atoms with Crippen molar-refractivity contribution in [2.75, 3.05) is 0 Å². The molecule has 6 heteroatoms. The van der Waals surface area contributed by atoms with Crippen LogP contribution in [0.5, 0.6) is 0 Å². The minimum absolute atomic E-state index is 0.0624. The van der Waals surface area contributed by atoms with E-state index >= 15 is 0 Å². The maximum atomic E-state index is 10.9. The number of para-hydroxylation sites is 5. The molecule has 3 aromatic heterocycles. The van der Waals surface area contributed by atoms with E-state index in [2.05, 4.69) is 0 Å². The van der Waals surface area contributed by atoms with Gasteiger partial charge in [-0.1, -0.05) is 12.1 Å². The van der Waals surface area contributed by atoms with Crippen molar-refractivity contribution in [3.8, 4) is 56.7 Å². The summed E-state index contributed by atoms with van der Waals surface area (Å²) >= 11 is -5.13. The zero-order chi connectivity index (χ0) is 67.1. The van der Waals surface area contributed by atoms with Crippen molar-refractivity contribution in [2.24, 2.45) is 0 Å². The van der Waals surface area contributed by atoms with Crippen molar-refractivity contribution in [1.29, 1.82) is 0 Å². The fourth-order valence-electron chi connectivity index (χ4n) is 10.2. The second kappa shape index (κ2) is 18.6. The van der Waals surface area contributed by atoms with E-state index in [9.17, 15) is 16.4 Å². The predicted molar refractivity (Wildman–Crippen MR) is 314 cm³/mol. The van der Waals surface area contributed by atoms with Crippen LogP contribution in [-0.2, 0) is 0 Å². The number of nitrogens with zero attached hydrogens (tertiary/aromatic N) is 5. The molecule has 1 atom stereocenters. The Morgan fingerprint density at radius 3 is 1.40 bits per heavy atom. The van der Waals surface area contributed by atoms with Gasteiger partial charge in [0, 0.05) is 0 Å². The van der Waals surface area contributed by atoms with Crippen molar-refractivity contribution in [1.82, 2.24) is 24.1 Å². The molecular weight excluding hydrogens is 971 g/mol. The van der Waals surface area contributed by atoms with E-state index in [-0.39, 0.29) is 48.2 Å². The van der Waals surface area contributed by atoms with Crippen LogP contribution >= 0.6 is 0 Å². The van der Waals surface area contributed by atoms with Gasteiger partial charge in [0.2, 0.25) is 0 Å². The van der Waals surface area contributed by atoms with E-state index in [1.165, 1.54) is 16.7 Å². The average Bonchev–Trinajstić information content (AvgIpc) is 1.69. The number of fused-ring (bicyclic) bond motifs is 6. The first-order valence-electron chi connectivity index (χ1n) is 33.9. The summed E-state index contributed by atoms with van der Waals surface area (Å²) in [7, 11) is 0. The van der Waals surface area contributed by atoms with Crippen LogP contribution in [0.3, 0.4) is 0 Å². The second-order valence-corrected chi connectivity index (χ2v) is 25.5. The van der Waals surface area contributed by atoms with Crippen LogP contribution in [0.2, 0.25) is 0 Å². The number of benzene rings is 11. The third kappa shape index (κ3) is 7.50.